The van der Waals surface area contributed by atoms with Crippen molar-refractivity contribution in [3.8, 4) is 5.75 Å². The molecule has 0 bridgehead atoms. The fraction of sp³-hybridized carbons (Fsp3) is 0. The van der Waals surface area contributed by atoms with Gasteiger partial charge in [-0.2, -0.15) is 0 Å². The average Bonchev–Trinajstić information content (AvgIpc) is 2.44. The first-order valence-corrected chi connectivity index (χ1v) is 7.52. The van der Waals surface area contributed by atoms with Crippen LogP contribution >= 0.6 is 11.6 Å². The van der Waals surface area contributed by atoms with Gasteiger partial charge in [0.25, 0.3) is 15.7 Å². The third-order valence-corrected chi connectivity index (χ3v) is 4.32. The van der Waals surface area contributed by atoms with Gasteiger partial charge >= 0.3 is 0 Å². The minimum absolute atomic E-state index is 0.234. The molecule has 0 aliphatic heterocycles. The van der Waals surface area contributed by atoms with Crippen molar-refractivity contribution in [2.24, 2.45) is 0 Å². The smallest absolute Gasteiger partial charge is 0.269 e. The number of nitrogens with one attached hydrogen (secondary N) is 1. The van der Waals surface area contributed by atoms with Crippen molar-refractivity contribution in [3.05, 3.63) is 57.4 Å². The summed E-state index contributed by atoms with van der Waals surface area (Å²) in [5, 5.41) is 19.5. The molecule has 0 fully saturated rings. The van der Waals surface area contributed by atoms with Gasteiger partial charge in [-0.1, -0.05) is 11.6 Å². The van der Waals surface area contributed by atoms with Crippen molar-refractivity contribution in [2.75, 3.05) is 4.72 Å². The molecule has 2 aromatic rings. The van der Waals surface area contributed by atoms with E-state index in [9.17, 15) is 28.0 Å². The van der Waals surface area contributed by atoms with E-state index in [1.54, 1.807) is 0 Å². The van der Waals surface area contributed by atoms with E-state index in [0.717, 1.165) is 30.3 Å². The number of benzene rings is 2. The molecule has 0 saturated carbocycles. The highest BCUT2D eigenvalue weighted by atomic mass is 35.5. The third kappa shape index (κ3) is 3.26. The lowest BCUT2D eigenvalue weighted by atomic mass is 10.3. The van der Waals surface area contributed by atoms with E-state index in [-0.39, 0.29) is 15.6 Å². The molecule has 0 radical (unpaired) electrons. The Balaban J connectivity index is 2.35. The normalized spacial score (nSPS) is 11.2. The van der Waals surface area contributed by atoms with Crippen molar-refractivity contribution < 1.29 is 22.8 Å². The number of anilines is 1. The van der Waals surface area contributed by atoms with Gasteiger partial charge in [-0.15, -0.1) is 0 Å². The predicted molar refractivity (Wildman–Crippen MR) is 77.0 cm³/mol. The highest BCUT2D eigenvalue weighted by Crippen LogP contribution is 2.30. The number of phenolic OH excluding ortho intramolecular Hbond substituents is 1. The number of hydrogen-bond donors (Lipinski definition) is 2. The van der Waals surface area contributed by atoms with E-state index in [4.69, 9.17) is 11.6 Å². The molecule has 22 heavy (non-hydrogen) atoms. The molecule has 2 rings (SSSR count). The van der Waals surface area contributed by atoms with Crippen molar-refractivity contribution in [3.63, 3.8) is 0 Å². The second-order valence-electron chi connectivity index (χ2n) is 4.14. The monoisotopic (exact) mass is 346 g/mol. The summed E-state index contributed by atoms with van der Waals surface area (Å²) in [6, 6.07) is 5.62. The molecule has 0 aliphatic carbocycles. The number of nitro groups is 1. The number of rotatable bonds is 4. The Bertz CT molecular complexity index is 839. The standard InChI is InChI=1S/C12H8ClFN2O5S/c13-9-5-11(10(14)6-12(9)17)15-22(20,21)8-3-1-7(2-4-8)16(18)19/h1-6,15,17H. The molecule has 0 spiro atoms. The zero-order chi connectivity index (χ0) is 16.5. The first-order valence-electron chi connectivity index (χ1n) is 5.66. The van der Waals surface area contributed by atoms with Gasteiger partial charge in [-0.25, -0.2) is 12.8 Å². The maximum Gasteiger partial charge on any atom is 0.269 e. The Kier molecular flexibility index (Phi) is 4.20. The van der Waals surface area contributed by atoms with E-state index in [1.165, 1.54) is 0 Å². The number of phenols is 1. The maximum absolute atomic E-state index is 13.6. The highest BCUT2D eigenvalue weighted by molar-refractivity contribution is 7.92. The van der Waals surface area contributed by atoms with Crippen LogP contribution in [0.15, 0.2) is 41.3 Å². The second-order valence-corrected chi connectivity index (χ2v) is 6.23. The van der Waals surface area contributed by atoms with Crippen LogP contribution in [-0.4, -0.2) is 18.4 Å². The van der Waals surface area contributed by atoms with E-state index in [0.29, 0.717) is 6.07 Å². The Morgan fingerprint density at radius 1 is 1.23 bits per heavy atom. The van der Waals surface area contributed by atoms with Crippen LogP contribution in [0.3, 0.4) is 0 Å². The van der Waals surface area contributed by atoms with Crippen molar-refractivity contribution >= 4 is 33.0 Å². The molecular weight excluding hydrogens is 339 g/mol. The summed E-state index contributed by atoms with van der Waals surface area (Å²) in [6.45, 7) is 0. The molecule has 2 N–H and O–H groups in total. The first-order chi connectivity index (χ1) is 10.2. The van der Waals surface area contributed by atoms with Gasteiger partial charge in [0.1, 0.15) is 5.75 Å². The van der Waals surface area contributed by atoms with Crippen LogP contribution in [0.25, 0.3) is 0 Å². The van der Waals surface area contributed by atoms with Gasteiger partial charge in [-0.05, 0) is 18.2 Å². The summed E-state index contributed by atoms with van der Waals surface area (Å²) >= 11 is 5.59. The largest absolute Gasteiger partial charge is 0.506 e. The molecule has 116 valence electrons. The Morgan fingerprint density at radius 2 is 1.82 bits per heavy atom. The van der Waals surface area contributed by atoms with Gasteiger partial charge in [0, 0.05) is 18.2 Å². The minimum Gasteiger partial charge on any atom is -0.506 e. The summed E-state index contributed by atoms with van der Waals surface area (Å²) < 4.78 is 39.7. The number of halogens is 2. The molecule has 0 aliphatic rings. The molecule has 7 nitrogen and oxygen atoms in total. The fourth-order valence-electron chi connectivity index (χ4n) is 1.57. The molecule has 0 atom stereocenters. The van der Waals surface area contributed by atoms with E-state index in [2.05, 4.69) is 0 Å². The molecule has 0 heterocycles. The molecule has 0 saturated heterocycles. The second kappa shape index (κ2) is 5.78. The Morgan fingerprint density at radius 3 is 2.36 bits per heavy atom. The molecule has 0 aromatic heterocycles. The number of hydrogen-bond acceptors (Lipinski definition) is 5. The van der Waals surface area contributed by atoms with Crippen LogP contribution in [0.1, 0.15) is 0 Å². The highest BCUT2D eigenvalue weighted by Gasteiger charge is 2.19. The summed E-state index contributed by atoms with van der Waals surface area (Å²) in [4.78, 5) is 9.55. The van der Waals surface area contributed by atoms with Crippen LogP contribution in [0.5, 0.6) is 5.75 Å². The number of nitro benzene ring substituents is 1. The molecular formula is C12H8ClFN2O5S. The maximum atomic E-state index is 13.6. The third-order valence-electron chi connectivity index (χ3n) is 2.64. The SMILES string of the molecule is O=[N+]([O-])c1ccc(S(=O)(=O)Nc2cc(Cl)c(O)cc2F)cc1. The molecule has 0 amide bonds. The number of aromatic hydroxyl groups is 1. The van der Waals surface area contributed by atoms with Gasteiger partial charge in [0.05, 0.1) is 20.5 Å². The van der Waals surface area contributed by atoms with Crippen LogP contribution in [0, 0.1) is 15.9 Å². The Hall–Kier alpha value is -2.39. The van der Waals surface area contributed by atoms with Crippen LogP contribution in [0.2, 0.25) is 5.02 Å². The zero-order valence-electron chi connectivity index (χ0n) is 10.7. The van der Waals surface area contributed by atoms with Gasteiger partial charge < -0.3 is 5.11 Å². The summed E-state index contributed by atoms with van der Waals surface area (Å²) in [5.74, 6) is -1.55. The number of nitrogens with zero attached hydrogens (tertiary/aromatic N) is 1. The lowest BCUT2D eigenvalue weighted by Crippen LogP contribution is -2.14. The predicted octanol–water partition coefficient (Wildman–Crippen LogP) is 2.89. The van der Waals surface area contributed by atoms with Crippen molar-refractivity contribution in [1.29, 1.82) is 0 Å². The molecule has 0 unspecified atom stereocenters. The summed E-state index contributed by atoms with van der Waals surface area (Å²) in [5.41, 5.74) is -0.737. The topological polar surface area (TPSA) is 110 Å². The van der Waals surface area contributed by atoms with Gasteiger partial charge in [0.15, 0.2) is 5.82 Å². The molecule has 10 heteroatoms. The molecule has 2 aromatic carbocycles. The van der Waals surface area contributed by atoms with E-state index in [1.807, 2.05) is 4.72 Å². The van der Waals surface area contributed by atoms with Crippen molar-refractivity contribution in [2.45, 2.75) is 4.90 Å². The number of non-ortho nitro benzene ring substituents is 1. The van der Waals surface area contributed by atoms with Crippen LogP contribution < -0.4 is 4.72 Å². The fourth-order valence-corrected chi connectivity index (χ4v) is 2.79. The van der Waals surface area contributed by atoms with Gasteiger partial charge in [0.2, 0.25) is 0 Å². The summed E-state index contributed by atoms with van der Waals surface area (Å²) in [6.07, 6.45) is 0. The quantitative estimate of drug-likeness (QED) is 0.502. The van der Waals surface area contributed by atoms with Crippen LogP contribution in [0.4, 0.5) is 15.8 Å². The first kappa shape index (κ1) is 16.0. The summed E-state index contributed by atoms with van der Waals surface area (Å²) in [7, 11) is -4.16. The Labute approximate surface area is 129 Å². The van der Waals surface area contributed by atoms with Crippen LogP contribution in [-0.2, 0) is 10.0 Å². The lowest BCUT2D eigenvalue weighted by molar-refractivity contribution is -0.384. The van der Waals surface area contributed by atoms with Crippen molar-refractivity contribution in [1.82, 2.24) is 0 Å². The lowest BCUT2D eigenvalue weighted by Gasteiger charge is -2.10. The van der Waals surface area contributed by atoms with E-state index >= 15 is 0 Å². The van der Waals surface area contributed by atoms with Gasteiger partial charge in [-0.3, -0.25) is 14.8 Å². The minimum atomic E-state index is -4.16. The number of sulfonamides is 1. The van der Waals surface area contributed by atoms with E-state index < -0.39 is 32.2 Å². The average molecular weight is 347 g/mol. The zero-order valence-corrected chi connectivity index (χ0v) is 12.2.